The number of nitrogens with one attached hydrogen (secondary N) is 1. The molecule has 0 fully saturated rings. The molecule has 9 heteroatoms. The van der Waals surface area contributed by atoms with Gasteiger partial charge in [-0.1, -0.05) is 17.7 Å². The highest BCUT2D eigenvalue weighted by Gasteiger charge is 2.12. The Hall–Kier alpha value is -2.87. The van der Waals surface area contributed by atoms with Gasteiger partial charge < -0.3 is 19.5 Å². The summed E-state index contributed by atoms with van der Waals surface area (Å²) in [6, 6.07) is 9.14. The van der Waals surface area contributed by atoms with E-state index >= 15 is 0 Å². The van der Waals surface area contributed by atoms with Gasteiger partial charge in [-0.05, 0) is 55.3 Å². The Labute approximate surface area is 165 Å². The van der Waals surface area contributed by atoms with Crippen molar-refractivity contribution in [2.45, 2.75) is 20.5 Å². The second-order valence-electron chi connectivity index (χ2n) is 5.77. The smallest absolute Gasteiger partial charge is 0.387 e. The highest BCUT2D eigenvalue weighted by atomic mass is 35.5. The molecular weight excluding hydrogens is 396 g/mol. The highest BCUT2D eigenvalue weighted by molar-refractivity contribution is 6.32. The summed E-state index contributed by atoms with van der Waals surface area (Å²) in [5, 5.41) is 2.32. The lowest BCUT2D eigenvalue weighted by atomic mass is 10.1. The van der Waals surface area contributed by atoms with E-state index in [4.69, 9.17) is 21.1 Å². The van der Waals surface area contributed by atoms with Crippen LogP contribution in [-0.4, -0.2) is 31.7 Å². The Morgan fingerprint density at radius 1 is 1.07 bits per heavy atom. The fourth-order valence-corrected chi connectivity index (χ4v) is 2.33. The number of carbonyl (C=O) groups excluding carboxylic acids is 2. The maximum Gasteiger partial charge on any atom is 0.387 e. The van der Waals surface area contributed by atoms with Crippen LogP contribution in [0, 0.1) is 13.8 Å². The molecule has 0 spiro atoms. The van der Waals surface area contributed by atoms with Crippen LogP contribution in [0.2, 0.25) is 5.02 Å². The largest absolute Gasteiger partial charge is 0.482 e. The second-order valence-corrected chi connectivity index (χ2v) is 6.17. The molecule has 2 rings (SSSR count). The molecule has 0 radical (unpaired) electrons. The molecule has 1 amide bonds. The van der Waals surface area contributed by atoms with Gasteiger partial charge in [0.05, 0.1) is 5.02 Å². The summed E-state index contributed by atoms with van der Waals surface area (Å²) in [6.45, 7) is -0.0196. The molecule has 28 heavy (non-hydrogen) atoms. The van der Waals surface area contributed by atoms with E-state index in [1.54, 1.807) is 12.1 Å². The summed E-state index contributed by atoms with van der Waals surface area (Å²) in [5.74, 6) is -1.04. The first-order valence-electron chi connectivity index (χ1n) is 8.14. The summed E-state index contributed by atoms with van der Waals surface area (Å²) in [4.78, 5) is 23.5. The molecular formula is C19H18ClF2NO5. The van der Waals surface area contributed by atoms with Crippen LogP contribution >= 0.6 is 11.6 Å². The third-order valence-corrected chi connectivity index (χ3v) is 3.93. The first-order valence-corrected chi connectivity index (χ1v) is 8.52. The fraction of sp³-hybridized carbons (Fsp3) is 0.263. The van der Waals surface area contributed by atoms with Crippen molar-refractivity contribution < 1.29 is 32.6 Å². The van der Waals surface area contributed by atoms with Crippen LogP contribution in [0.15, 0.2) is 36.4 Å². The van der Waals surface area contributed by atoms with Crippen LogP contribution < -0.4 is 14.8 Å². The van der Waals surface area contributed by atoms with Crippen LogP contribution in [0.25, 0.3) is 0 Å². The molecule has 0 aromatic heterocycles. The Kier molecular flexibility index (Phi) is 7.57. The number of alkyl halides is 2. The maximum absolute atomic E-state index is 12.2. The van der Waals surface area contributed by atoms with Crippen molar-refractivity contribution in [3.63, 3.8) is 0 Å². The van der Waals surface area contributed by atoms with E-state index in [0.29, 0.717) is 5.75 Å². The molecule has 0 saturated heterocycles. The Morgan fingerprint density at radius 2 is 1.82 bits per heavy atom. The minimum atomic E-state index is -3.01. The minimum absolute atomic E-state index is 0.100. The molecule has 150 valence electrons. The zero-order chi connectivity index (χ0) is 20.7. The number of hydrogen-bond donors (Lipinski definition) is 1. The number of amides is 1. The zero-order valence-electron chi connectivity index (χ0n) is 15.1. The molecule has 2 aromatic rings. The predicted molar refractivity (Wildman–Crippen MR) is 99.1 cm³/mol. The van der Waals surface area contributed by atoms with Crippen LogP contribution in [0.3, 0.4) is 0 Å². The van der Waals surface area contributed by atoms with Crippen molar-refractivity contribution in [2.75, 3.05) is 18.5 Å². The van der Waals surface area contributed by atoms with Crippen molar-refractivity contribution in [3.05, 3.63) is 52.5 Å². The molecule has 0 atom stereocenters. The lowest BCUT2D eigenvalue weighted by molar-refractivity contribution is -0.149. The van der Waals surface area contributed by atoms with E-state index in [0.717, 1.165) is 11.1 Å². The molecule has 6 nitrogen and oxygen atoms in total. The van der Waals surface area contributed by atoms with E-state index in [2.05, 4.69) is 10.1 Å². The Morgan fingerprint density at radius 3 is 2.46 bits per heavy atom. The second kappa shape index (κ2) is 9.89. The zero-order valence-corrected chi connectivity index (χ0v) is 15.9. The molecule has 1 N–H and O–H groups in total. The first-order chi connectivity index (χ1) is 13.2. The Bertz CT molecular complexity index is 860. The van der Waals surface area contributed by atoms with Crippen molar-refractivity contribution in [2.24, 2.45) is 0 Å². The first kappa shape index (κ1) is 21.4. The van der Waals surface area contributed by atoms with Crippen molar-refractivity contribution in [1.82, 2.24) is 0 Å². The number of aryl methyl sites for hydroxylation is 2. The van der Waals surface area contributed by atoms with Gasteiger partial charge in [0.1, 0.15) is 11.5 Å². The monoisotopic (exact) mass is 413 g/mol. The van der Waals surface area contributed by atoms with Gasteiger partial charge in [-0.15, -0.1) is 0 Å². The highest BCUT2D eigenvalue weighted by Crippen LogP contribution is 2.28. The number of hydrogen-bond acceptors (Lipinski definition) is 5. The molecule has 0 unspecified atom stereocenters. The summed E-state index contributed by atoms with van der Waals surface area (Å²) >= 11 is 5.79. The lowest BCUT2D eigenvalue weighted by Gasteiger charge is -2.10. The van der Waals surface area contributed by atoms with E-state index < -0.39 is 25.1 Å². The SMILES string of the molecule is Cc1ccc(OCC(=O)OCC(=O)Nc2ccc(OC(F)F)c(Cl)c2)cc1C. The average molecular weight is 414 g/mol. The maximum atomic E-state index is 12.2. The van der Waals surface area contributed by atoms with Crippen molar-refractivity contribution in [3.8, 4) is 11.5 Å². The molecule has 0 bridgehead atoms. The third-order valence-electron chi connectivity index (χ3n) is 3.63. The fourth-order valence-electron chi connectivity index (χ4n) is 2.10. The summed E-state index contributed by atoms with van der Waals surface area (Å²) < 4.78 is 38.7. The number of carbonyl (C=O) groups is 2. The molecule has 2 aromatic carbocycles. The van der Waals surface area contributed by atoms with Crippen molar-refractivity contribution >= 4 is 29.2 Å². The number of esters is 1. The normalized spacial score (nSPS) is 10.5. The van der Waals surface area contributed by atoms with Crippen LogP contribution in [0.1, 0.15) is 11.1 Å². The van der Waals surface area contributed by atoms with Gasteiger partial charge in [0.15, 0.2) is 13.2 Å². The Balaban J connectivity index is 1.77. The predicted octanol–water partition coefficient (Wildman–Crippen LogP) is 4.12. The average Bonchev–Trinajstić information content (AvgIpc) is 2.63. The van der Waals surface area contributed by atoms with Gasteiger partial charge in [0.2, 0.25) is 0 Å². The van der Waals surface area contributed by atoms with Gasteiger partial charge in [-0.25, -0.2) is 4.79 Å². The summed E-state index contributed by atoms with van der Waals surface area (Å²) in [5.41, 5.74) is 2.36. The van der Waals surface area contributed by atoms with Gasteiger partial charge in [-0.2, -0.15) is 8.78 Å². The van der Waals surface area contributed by atoms with Gasteiger partial charge in [-0.3, -0.25) is 4.79 Å². The molecule has 0 heterocycles. The summed E-state index contributed by atoms with van der Waals surface area (Å²) in [7, 11) is 0. The van der Waals surface area contributed by atoms with E-state index in [9.17, 15) is 18.4 Å². The molecule has 0 saturated carbocycles. The van der Waals surface area contributed by atoms with Crippen LogP contribution in [-0.2, 0) is 14.3 Å². The lowest BCUT2D eigenvalue weighted by Crippen LogP contribution is -2.23. The van der Waals surface area contributed by atoms with E-state index in [-0.39, 0.29) is 23.1 Å². The minimum Gasteiger partial charge on any atom is -0.482 e. The van der Waals surface area contributed by atoms with Crippen molar-refractivity contribution in [1.29, 1.82) is 0 Å². The van der Waals surface area contributed by atoms with Gasteiger partial charge in [0, 0.05) is 5.69 Å². The topological polar surface area (TPSA) is 73.9 Å². The number of ether oxygens (including phenoxy) is 3. The van der Waals surface area contributed by atoms with Gasteiger partial charge >= 0.3 is 12.6 Å². The summed E-state index contributed by atoms with van der Waals surface area (Å²) in [6.07, 6.45) is 0. The standard InChI is InChI=1S/C19H18ClF2NO5/c1-11-3-5-14(7-12(11)2)26-10-18(25)27-9-17(24)23-13-4-6-16(15(20)8-13)28-19(21)22/h3-8,19H,9-10H2,1-2H3,(H,23,24). The number of rotatable bonds is 8. The molecule has 0 aliphatic heterocycles. The molecule has 0 aliphatic rings. The third kappa shape index (κ3) is 6.70. The van der Waals surface area contributed by atoms with Crippen LogP contribution in [0.4, 0.5) is 14.5 Å². The quantitative estimate of drug-likeness (QED) is 0.659. The number of benzene rings is 2. The molecule has 0 aliphatic carbocycles. The van der Waals surface area contributed by atoms with Gasteiger partial charge in [0.25, 0.3) is 5.91 Å². The number of anilines is 1. The van der Waals surface area contributed by atoms with E-state index in [1.165, 1.54) is 18.2 Å². The van der Waals surface area contributed by atoms with Crippen LogP contribution in [0.5, 0.6) is 11.5 Å². The number of halogens is 3. The van der Waals surface area contributed by atoms with E-state index in [1.807, 2.05) is 19.9 Å².